The molecule has 0 radical (unpaired) electrons. The zero-order valence-electron chi connectivity index (χ0n) is 10.2. The summed E-state index contributed by atoms with van der Waals surface area (Å²) in [6.07, 6.45) is 3.07. The number of anilines is 1. The molecule has 5 heteroatoms. The van der Waals surface area contributed by atoms with Gasteiger partial charge < -0.3 is 11.1 Å². The molecular weight excluding hydrogens is 299 g/mol. The molecule has 18 heavy (non-hydrogen) atoms. The number of rotatable bonds is 4. The fourth-order valence-corrected chi connectivity index (χ4v) is 2.17. The molecule has 0 spiro atoms. The van der Waals surface area contributed by atoms with Crippen LogP contribution in [0.4, 0.5) is 10.1 Å². The molecule has 1 aromatic rings. The Morgan fingerprint density at radius 3 is 2.89 bits per heavy atom. The van der Waals surface area contributed by atoms with Crippen LogP contribution in [0.15, 0.2) is 16.6 Å². The summed E-state index contributed by atoms with van der Waals surface area (Å²) in [5.41, 5.74) is 7.11. The van der Waals surface area contributed by atoms with Gasteiger partial charge in [0.1, 0.15) is 5.82 Å². The number of halogens is 2. The van der Waals surface area contributed by atoms with Gasteiger partial charge in [-0.2, -0.15) is 0 Å². The van der Waals surface area contributed by atoms with Crippen molar-refractivity contribution >= 4 is 27.5 Å². The topological polar surface area (TPSA) is 55.1 Å². The van der Waals surface area contributed by atoms with Gasteiger partial charge in [-0.3, -0.25) is 4.79 Å². The summed E-state index contributed by atoms with van der Waals surface area (Å²) in [4.78, 5) is 11.9. The summed E-state index contributed by atoms with van der Waals surface area (Å²) < 4.78 is 13.6. The molecule has 98 valence electrons. The number of carbonyl (C=O) groups excluding carboxylic acids is 1. The highest BCUT2D eigenvalue weighted by Gasteiger charge is 2.27. The number of nitrogens with two attached hydrogens (primary N) is 1. The number of hydrogen-bond acceptors (Lipinski definition) is 2. The van der Waals surface area contributed by atoms with Crippen molar-refractivity contribution in [1.29, 1.82) is 0 Å². The normalized spacial score (nSPS) is 16.4. The number of hydrogen-bond donors (Lipinski definition) is 2. The molecule has 1 saturated carbocycles. The van der Waals surface area contributed by atoms with E-state index < -0.39 is 6.04 Å². The van der Waals surface area contributed by atoms with Crippen LogP contribution in [0.1, 0.15) is 24.8 Å². The third kappa shape index (κ3) is 3.29. The molecule has 0 aliphatic heterocycles. The molecular formula is C13H16BrFN2O. The lowest BCUT2D eigenvalue weighted by molar-refractivity contribution is -0.117. The van der Waals surface area contributed by atoms with Gasteiger partial charge in [0.2, 0.25) is 5.91 Å². The molecule has 0 bridgehead atoms. The van der Waals surface area contributed by atoms with Crippen molar-refractivity contribution < 1.29 is 9.18 Å². The minimum atomic E-state index is -0.485. The second-order valence-corrected chi connectivity index (χ2v) is 5.71. The van der Waals surface area contributed by atoms with Crippen molar-refractivity contribution in [1.82, 2.24) is 0 Å². The predicted molar refractivity (Wildman–Crippen MR) is 72.8 cm³/mol. The molecule has 1 aromatic carbocycles. The quantitative estimate of drug-likeness (QED) is 0.897. The van der Waals surface area contributed by atoms with Crippen LogP contribution < -0.4 is 11.1 Å². The number of amides is 1. The van der Waals surface area contributed by atoms with Crippen molar-refractivity contribution in [3.8, 4) is 0 Å². The van der Waals surface area contributed by atoms with E-state index in [1.807, 2.05) is 0 Å². The number of nitrogens with one attached hydrogen (secondary N) is 1. The van der Waals surface area contributed by atoms with E-state index in [1.165, 1.54) is 18.9 Å². The van der Waals surface area contributed by atoms with E-state index in [-0.39, 0.29) is 11.7 Å². The highest BCUT2D eigenvalue weighted by molar-refractivity contribution is 9.10. The summed E-state index contributed by atoms with van der Waals surface area (Å²) in [7, 11) is 0. The lowest BCUT2D eigenvalue weighted by atomic mass is 10.1. The molecule has 1 unspecified atom stereocenters. The Morgan fingerprint density at radius 1 is 1.61 bits per heavy atom. The Kier molecular flexibility index (Phi) is 4.02. The minimum absolute atomic E-state index is 0.205. The van der Waals surface area contributed by atoms with Crippen LogP contribution in [0.25, 0.3) is 0 Å². The van der Waals surface area contributed by atoms with Gasteiger partial charge >= 0.3 is 0 Å². The van der Waals surface area contributed by atoms with Gasteiger partial charge in [0.25, 0.3) is 0 Å². The van der Waals surface area contributed by atoms with E-state index in [1.54, 1.807) is 13.0 Å². The standard InChI is InChI=1S/C13H16BrFN2O/c1-7-4-10(15)9(14)6-12(7)17-13(18)11(16)5-8-2-3-8/h4,6,8,11H,2-3,5,16H2,1H3,(H,17,18). The Balaban J connectivity index is 2.03. The molecule has 1 aliphatic carbocycles. The maximum atomic E-state index is 13.3. The van der Waals surface area contributed by atoms with Gasteiger partial charge in [-0.15, -0.1) is 0 Å². The summed E-state index contributed by atoms with van der Waals surface area (Å²) in [5, 5.41) is 2.75. The van der Waals surface area contributed by atoms with Crippen molar-refractivity contribution in [3.63, 3.8) is 0 Å². The second kappa shape index (κ2) is 5.36. The second-order valence-electron chi connectivity index (χ2n) is 4.86. The average molecular weight is 315 g/mol. The molecule has 0 saturated heterocycles. The fourth-order valence-electron chi connectivity index (χ4n) is 1.83. The van der Waals surface area contributed by atoms with Gasteiger partial charge in [-0.1, -0.05) is 12.8 Å². The number of aryl methyl sites for hydroxylation is 1. The molecule has 3 nitrogen and oxygen atoms in total. The SMILES string of the molecule is Cc1cc(F)c(Br)cc1NC(=O)C(N)CC1CC1. The first-order valence-corrected chi connectivity index (χ1v) is 6.78. The first-order valence-electron chi connectivity index (χ1n) is 5.99. The Hall–Kier alpha value is -0.940. The van der Waals surface area contributed by atoms with Crippen LogP contribution in [0.5, 0.6) is 0 Å². The van der Waals surface area contributed by atoms with Crippen LogP contribution in [-0.2, 0) is 4.79 Å². The summed E-state index contributed by atoms with van der Waals surface area (Å²) >= 11 is 3.10. The third-order valence-corrected chi connectivity index (χ3v) is 3.75. The molecule has 1 aliphatic rings. The molecule has 3 N–H and O–H groups in total. The smallest absolute Gasteiger partial charge is 0.241 e. The van der Waals surface area contributed by atoms with Crippen LogP contribution in [0.2, 0.25) is 0 Å². The highest BCUT2D eigenvalue weighted by Crippen LogP contribution is 2.33. The van der Waals surface area contributed by atoms with Crippen molar-refractivity contribution in [2.75, 3.05) is 5.32 Å². The van der Waals surface area contributed by atoms with E-state index >= 15 is 0 Å². The molecule has 1 atom stereocenters. The first kappa shape index (κ1) is 13.5. The van der Waals surface area contributed by atoms with Crippen LogP contribution in [0, 0.1) is 18.7 Å². The van der Waals surface area contributed by atoms with Gasteiger partial charge in [0.15, 0.2) is 0 Å². The lowest BCUT2D eigenvalue weighted by Gasteiger charge is -2.14. The maximum Gasteiger partial charge on any atom is 0.241 e. The third-order valence-electron chi connectivity index (χ3n) is 3.15. The Bertz CT molecular complexity index is 474. The van der Waals surface area contributed by atoms with Gasteiger partial charge in [0.05, 0.1) is 10.5 Å². The fraction of sp³-hybridized carbons (Fsp3) is 0.462. The average Bonchev–Trinajstić information content (AvgIpc) is 3.09. The largest absolute Gasteiger partial charge is 0.324 e. The molecule has 1 amide bonds. The van der Waals surface area contributed by atoms with Crippen molar-refractivity contribution in [2.24, 2.45) is 11.7 Å². The van der Waals surface area contributed by atoms with Crippen LogP contribution in [-0.4, -0.2) is 11.9 Å². The monoisotopic (exact) mass is 314 g/mol. The lowest BCUT2D eigenvalue weighted by Crippen LogP contribution is -2.36. The maximum absolute atomic E-state index is 13.3. The van der Waals surface area contributed by atoms with E-state index in [0.29, 0.717) is 21.6 Å². The molecule has 1 fully saturated rings. The Morgan fingerprint density at radius 2 is 2.28 bits per heavy atom. The van der Waals surface area contributed by atoms with E-state index in [9.17, 15) is 9.18 Å². The summed E-state index contributed by atoms with van der Waals surface area (Å²) in [6.45, 7) is 1.75. The predicted octanol–water partition coefficient (Wildman–Crippen LogP) is 2.96. The first-order chi connectivity index (χ1) is 8.47. The number of carbonyl (C=O) groups is 1. The van der Waals surface area contributed by atoms with Gasteiger partial charge in [-0.05, 0) is 52.9 Å². The molecule has 0 heterocycles. The molecule has 2 rings (SSSR count). The van der Waals surface area contributed by atoms with Crippen molar-refractivity contribution in [3.05, 3.63) is 28.0 Å². The zero-order valence-corrected chi connectivity index (χ0v) is 11.8. The highest BCUT2D eigenvalue weighted by atomic mass is 79.9. The zero-order chi connectivity index (χ0) is 13.3. The summed E-state index contributed by atoms with van der Waals surface area (Å²) in [5.74, 6) is 0.0584. The summed E-state index contributed by atoms with van der Waals surface area (Å²) in [6, 6.07) is 2.46. The van der Waals surface area contributed by atoms with E-state index in [0.717, 1.165) is 6.42 Å². The number of benzene rings is 1. The molecule has 0 aromatic heterocycles. The van der Waals surface area contributed by atoms with Gasteiger partial charge in [0, 0.05) is 5.69 Å². The van der Waals surface area contributed by atoms with Crippen LogP contribution >= 0.6 is 15.9 Å². The van der Waals surface area contributed by atoms with E-state index in [2.05, 4.69) is 21.2 Å². The minimum Gasteiger partial charge on any atom is -0.324 e. The Labute approximate surface area is 114 Å². The van der Waals surface area contributed by atoms with Gasteiger partial charge in [-0.25, -0.2) is 4.39 Å². The van der Waals surface area contributed by atoms with E-state index in [4.69, 9.17) is 5.73 Å². The van der Waals surface area contributed by atoms with Crippen molar-refractivity contribution in [2.45, 2.75) is 32.2 Å². The van der Waals surface area contributed by atoms with Crippen LogP contribution in [0.3, 0.4) is 0 Å².